The Kier molecular flexibility index (Phi) is 7.50. The molecule has 1 atom stereocenters. The van der Waals surface area contributed by atoms with Crippen LogP contribution in [0, 0.1) is 16.0 Å². The van der Waals surface area contributed by atoms with Gasteiger partial charge < -0.3 is 10.1 Å². The molecule has 18 heavy (non-hydrogen) atoms. The number of ether oxygens (including phenoxy) is 1. The minimum absolute atomic E-state index is 0.211. The number of hydrogen-bond acceptors (Lipinski definition) is 5. The van der Waals surface area contributed by atoms with Gasteiger partial charge >= 0.3 is 5.97 Å². The van der Waals surface area contributed by atoms with Crippen LogP contribution >= 0.6 is 0 Å². The molecule has 6 nitrogen and oxygen atoms in total. The molecule has 0 amide bonds. The molecule has 0 saturated carbocycles. The van der Waals surface area contributed by atoms with E-state index in [0.29, 0.717) is 13.0 Å². The molecule has 0 spiro atoms. The van der Waals surface area contributed by atoms with Gasteiger partial charge in [0.15, 0.2) is 0 Å². The number of carbonyl (C=O) groups excluding carboxylic acids is 1. The van der Waals surface area contributed by atoms with E-state index in [9.17, 15) is 14.9 Å². The zero-order valence-corrected chi connectivity index (χ0v) is 11.7. The van der Waals surface area contributed by atoms with E-state index in [1.807, 2.05) is 7.05 Å². The summed E-state index contributed by atoms with van der Waals surface area (Å²) in [5.41, 5.74) is -1.10. The second-order valence-electron chi connectivity index (χ2n) is 4.97. The van der Waals surface area contributed by atoms with Crippen molar-refractivity contribution in [1.29, 1.82) is 0 Å². The van der Waals surface area contributed by atoms with Gasteiger partial charge in [0.2, 0.25) is 5.54 Å². The zero-order chi connectivity index (χ0) is 14.2. The summed E-state index contributed by atoms with van der Waals surface area (Å²) in [6, 6.07) is 0. The zero-order valence-electron chi connectivity index (χ0n) is 11.7. The van der Waals surface area contributed by atoms with Gasteiger partial charge in [-0.25, -0.2) is 0 Å². The first-order valence-electron chi connectivity index (χ1n) is 6.31. The molecule has 0 aromatic rings. The fourth-order valence-corrected chi connectivity index (χ4v) is 1.77. The second kappa shape index (κ2) is 8.02. The van der Waals surface area contributed by atoms with Crippen molar-refractivity contribution in [1.82, 2.24) is 5.32 Å². The van der Waals surface area contributed by atoms with E-state index in [4.69, 9.17) is 4.74 Å². The van der Waals surface area contributed by atoms with Crippen molar-refractivity contribution < 1.29 is 14.5 Å². The molecule has 0 heterocycles. The molecule has 0 radical (unpaired) electrons. The third kappa shape index (κ3) is 5.95. The predicted octanol–water partition coefficient (Wildman–Crippen LogP) is 1.61. The van der Waals surface area contributed by atoms with Crippen molar-refractivity contribution >= 4 is 5.97 Å². The van der Waals surface area contributed by atoms with Gasteiger partial charge in [-0.1, -0.05) is 0 Å². The van der Waals surface area contributed by atoms with Crippen LogP contribution in [0.2, 0.25) is 0 Å². The Morgan fingerprint density at radius 1 is 1.50 bits per heavy atom. The SMILES string of the molecule is CCOC(=O)C(CCCNC)CC(C)(C)[N+](=O)[O-]. The molecule has 0 rings (SSSR count). The summed E-state index contributed by atoms with van der Waals surface area (Å²) >= 11 is 0. The second-order valence-corrected chi connectivity index (χ2v) is 4.97. The van der Waals surface area contributed by atoms with E-state index in [1.165, 1.54) is 13.8 Å². The Balaban J connectivity index is 4.55. The maximum Gasteiger partial charge on any atom is 0.309 e. The lowest BCUT2D eigenvalue weighted by atomic mass is 9.88. The highest BCUT2D eigenvalue weighted by Crippen LogP contribution is 2.24. The van der Waals surface area contributed by atoms with Gasteiger partial charge in [0.1, 0.15) is 0 Å². The van der Waals surface area contributed by atoms with Crippen LogP contribution in [0.4, 0.5) is 0 Å². The average molecular weight is 260 g/mol. The molecule has 0 saturated heterocycles. The van der Waals surface area contributed by atoms with Crippen molar-refractivity contribution in [3.05, 3.63) is 10.1 Å². The summed E-state index contributed by atoms with van der Waals surface area (Å²) < 4.78 is 4.98. The molecule has 0 fully saturated rings. The molecular weight excluding hydrogens is 236 g/mol. The normalized spacial score (nSPS) is 13.1. The van der Waals surface area contributed by atoms with Crippen LogP contribution in [-0.4, -0.2) is 36.6 Å². The Labute approximate surface area is 108 Å². The number of hydrogen-bond donors (Lipinski definition) is 1. The van der Waals surface area contributed by atoms with Gasteiger partial charge in [-0.05, 0) is 33.4 Å². The Morgan fingerprint density at radius 3 is 2.56 bits per heavy atom. The van der Waals surface area contributed by atoms with Crippen LogP contribution in [0.1, 0.15) is 40.0 Å². The predicted molar refractivity (Wildman–Crippen MR) is 69.0 cm³/mol. The summed E-state index contributed by atoms with van der Waals surface area (Å²) in [7, 11) is 1.83. The van der Waals surface area contributed by atoms with Crippen molar-refractivity contribution in [2.24, 2.45) is 5.92 Å². The molecular formula is C12H24N2O4. The van der Waals surface area contributed by atoms with Crippen LogP contribution in [0.15, 0.2) is 0 Å². The third-order valence-electron chi connectivity index (χ3n) is 2.84. The standard InChI is InChI=1S/C12H24N2O4/c1-5-18-11(15)10(7-6-8-13-4)9-12(2,3)14(16)17/h10,13H,5-9H2,1-4H3. The van der Waals surface area contributed by atoms with Crippen LogP contribution in [0.3, 0.4) is 0 Å². The quantitative estimate of drug-likeness (QED) is 0.295. The fourth-order valence-electron chi connectivity index (χ4n) is 1.77. The monoisotopic (exact) mass is 260 g/mol. The van der Waals surface area contributed by atoms with E-state index in [-0.39, 0.29) is 17.3 Å². The van der Waals surface area contributed by atoms with Crippen molar-refractivity contribution in [2.75, 3.05) is 20.2 Å². The van der Waals surface area contributed by atoms with Gasteiger partial charge in [-0.3, -0.25) is 14.9 Å². The molecule has 0 aliphatic carbocycles. The minimum Gasteiger partial charge on any atom is -0.466 e. The Hall–Kier alpha value is -1.17. The van der Waals surface area contributed by atoms with Gasteiger partial charge in [0.25, 0.3) is 0 Å². The topological polar surface area (TPSA) is 81.5 Å². The summed E-state index contributed by atoms with van der Waals surface area (Å²) in [6.45, 7) is 5.91. The number of carbonyl (C=O) groups is 1. The summed E-state index contributed by atoms with van der Waals surface area (Å²) in [4.78, 5) is 22.3. The molecule has 1 N–H and O–H groups in total. The fraction of sp³-hybridized carbons (Fsp3) is 0.917. The lowest BCUT2D eigenvalue weighted by Crippen LogP contribution is -2.36. The van der Waals surface area contributed by atoms with E-state index >= 15 is 0 Å². The van der Waals surface area contributed by atoms with Crippen LogP contribution in [0.5, 0.6) is 0 Å². The van der Waals surface area contributed by atoms with Gasteiger partial charge in [-0.15, -0.1) is 0 Å². The highest BCUT2D eigenvalue weighted by Gasteiger charge is 2.37. The Bertz CT molecular complexity index is 279. The Morgan fingerprint density at radius 2 is 2.11 bits per heavy atom. The van der Waals surface area contributed by atoms with E-state index in [1.54, 1.807) is 6.92 Å². The highest BCUT2D eigenvalue weighted by molar-refractivity contribution is 5.72. The molecule has 0 aromatic carbocycles. The largest absolute Gasteiger partial charge is 0.466 e. The third-order valence-corrected chi connectivity index (χ3v) is 2.84. The van der Waals surface area contributed by atoms with E-state index in [2.05, 4.69) is 5.32 Å². The molecule has 0 aromatic heterocycles. The first-order chi connectivity index (χ1) is 8.35. The number of esters is 1. The molecule has 0 bridgehead atoms. The highest BCUT2D eigenvalue weighted by atomic mass is 16.6. The maximum atomic E-state index is 11.8. The van der Waals surface area contributed by atoms with Crippen molar-refractivity contribution in [2.45, 2.75) is 45.6 Å². The first-order valence-corrected chi connectivity index (χ1v) is 6.31. The molecule has 0 aliphatic rings. The summed E-state index contributed by atoms with van der Waals surface area (Å²) in [6.07, 6.45) is 1.62. The maximum absolute atomic E-state index is 11.8. The van der Waals surface area contributed by atoms with Crippen LogP contribution in [-0.2, 0) is 9.53 Å². The van der Waals surface area contributed by atoms with E-state index < -0.39 is 11.5 Å². The van der Waals surface area contributed by atoms with Crippen molar-refractivity contribution in [3.8, 4) is 0 Å². The van der Waals surface area contributed by atoms with E-state index in [0.717, 1.165) is 13.0 Å². The van der Waals surface area contributed by atoms with Gasteiger partial charge in [0, 0.05) is 25.2 Å². The molecule has 1 unspecified atom stereocenters. The lowest BCUT2D eigenvalue weighted by Gasteiger charge is -2.21. The minimum atomic E-state index is -1.10. The first kappa shape index (κ1) is 16.8. The molecule has 106 valence electrons. The number of nitro groups is 1. The summed E-state index contributed by atoms with van der Waals surface area (Å²) in [5.74, 6) is -0.734. The van der Waals surface area contributed by atoms with Crippen molar-refractivity contribution in [3.63, 3.8) is 0 Å². The number of nitrogens with zero attached hydrogens (tertiary/aromatic N) is 1. The molecule has 0 aliphatic heterocycles. The molecule has 6 heteroatoms. The van der Waals surface area contributed by atoms with Crippen LogP contribution < -0.4 is 5.32 Å². The van der Waals surface area contributed by atoms with Crippen LogP contribution in [0.25, 0.3) is 0 Å². The smallest absolute Gasteiger partial charge is 0.309 e. The number of rotatable bonds is 9. The van der Waals surface area contributed by atoms with Gasteiger partial charge in [0.05, 0.1) is 12.5 Å². The average Bonchev–Trinajstić information content (AvgIpc) is 2.28. The van der Waals surface area contributed by atoms with Gasteiger partial charge in [-0.2, -0.15) is 0 Å². The summed E-state index contributed by atoms with van der Waals surface area (Å²) in [5, 5.41) is 13.9. The lowest BCUT2D eigenvalue weighted by molar-refractivity contribution is -0.562. The number of nitrogens with one attached hydrogen (secondary N) is 1.